The number of thiophene rings is 1. The van der Waals surface area contributed by atoms with Crippen molar-refractivity contribution in [3.05, 3.63) is 39.0 Å². The number of imidazole rings is 1. The summed E-state index contributed by atoms with van der Waals surface area (Å²) in [6, 6.07) is 0. The second kappa shape index (κ2) is 5.12. The normalized spacial score (nSPS) is 12.9. The zero-order valence-corrected chi connectivity index (χ0v) is 11.3. The number of halogens is 1. The highest BCUT2D eigenvalue weighted by Gasteiger charge is 2.12. The molecule has 5 heteroatoms. The van der Waals surface area contributed by atoms with Gasteiger partial charge in [0.05, 0.1) is 6.54 Å². The fourth-order valence-electron chi connectivity index (χ4n) is 1.54. The molecule has 3 nitrogen and oxygen atoms in total. The molecule has 2 aromatic rings. The van der Waals surface area contributed by atoms with Crippen molar-refractivity contribution in [3.63, 3.8) is 0 Å². The maximum atomic E-state index is 9.80. The van der Waals surface area contributed by atoms with E-state index in [1.807, 2.05) is 17.7 Å². The SMILES string of the molecule is CC[C@@H](O)c1nccn1Cc1cscc1Br. The molecule has 1 N–H and O–H groups in total. The highest BCUT2D eigenvalue weighted by Crippen LogP contribution is 2.23. The molecule has 0 aliphatic rings. The Balaban J connectivity index is 2.22. The van der Waals surface area contributed by atoms with E-state index in [9.17, 15) is 5.11 Å². The molecule has 16 heavy (non-hydrogen) atoms. The number of nitrogens with zero attached hydrogens (tertiary/aromatic N) is 2. The van der Waals surface area contributed by atoms with Gasteiger partial charge in [0.2, 0.25) is 0 Å². The van der Waals surface area contributed by atoms with Gasteiger partial charge in [0.1, 0.15) is 11.9 Å². The van der Waals surface area contributed by atoms with Crippen LogP contribution in [0.1, 0.15) is 30.8 Å². The molecular weight excluding hydrogens is 288 g/mol. The van der Waals surface area contributed by atoms with E-state index in [1.54, 1.807) is 17.5 Å². The Bertz CT molecular complexity index is 466. The van der Waals surface area contributed by atoms with E-state index in [0.717, 1.165) is 16.8 Å². The topological polar surface area (TPSA) is 38.1 Å². The van der Waals surface area contributed by atoms with E-state index in [2.05, 4.69) is 31.7 Å². The quantitative estimate of drug-likeness (QED) is 0.941. The minimum absolute atomic E-state index is 0.479. The number of rotatable bonds is 4. The number of aromatic nitrogens is 2. The molecule has 0 saturated heterocycles. The lowest BCUT2D eigenvalue weighted by Gasteiger charge is -2.11. The Hall–Kier alpha value is -0.650. The molecule has 0 aliphatic heterocycles. The van der Waals surface area contributed by atoms with Crippen LogP contribution >= 0.6 is 27.3 Å². The van der Waals surface area contributed by atoms with Gasteiger partial charge in [-0.3, -0.25) is 0 Å². The highest BCUT2D eigenvalue weighted by atomic mass is 79.9. The van der Waals surface area contributed by atoms with Crippen molar-refractivity contribution in [3.8, 4) is 0 Å². The lowest BCUT2D eigenvalue weighted by atomic mass is 10.2. The van der Waals surface area contributed by atoms with Crippen molar-refractivity contribution in [2.24, 2.45) is 0 Å². The Morgan fingerprint density at radius 2 is 2.38 bits per heavy atom. The summed E-state index contributed by atoms with van der Waals surface area (Å²) in [5, 5.41) is 14.0. The van der Waals surface area contributed by atoms with Gasteiger partial charge in [-0.05, 0) is 33.3 Å². The van der Waals surface area contributed by atoms with Crippen LogP contribution in [0.5, 0.6) is 0 Å². The van der Waals surface area contributed by atoms with Gasteiger partial charge in [-0.2, -0.15) is 11.3 Å². The lowest BCUT2D eigenvalue weighted by Crippen LogP contribution is -2.08. The lowest BCUT2D eigenvalue weighted by molar-refractivity contribution is 0.159. The molecule has 2 rings (SSSR count). The average Bonchev–Trinajstić information content (AvgIpc) is 2.88. The van der Waals surface area contributed by atoms with E-state index < -0.39 is 6.10 Å². The molecule has 2 aromatic heterocycles. The van der Waals surface area contributed by atoms with Crippen LogP contribution in [0.4, 0.5) is 0 Å². The third-order valence-electron chi connectivity index (χ3n) is 2.46. The van der Waals surface area contributed by atoms with Crippen molar-refractivity contribution in [2.75, 3.05) is 0 Å². The van der Waals surface area contributed by atoms with Crippen LogP contribution in [0.15, 0.2) is 27.6 Å². The molecule has 86 valence electrons. The first-order chi connectivity index (χ1) is 7.72. The largest absolute Gasteiger partial charge is 0.385 e. The number of hydrogen-bond donors (Lipinski definition) is 1. The zero-order valence-electron chi connectivity index (χ0n) is 8.93. The summed E-state index contributed by atoms with van der Waals surface area (Å²) in [6.07, 6.45) is 3.83. The fraction of sp³-hybridized carbons (Fsp3) is 0.364. The summed E-state index contributed by atoms with van der Waals surface area (Å²) in [5.41, 5.74) is 1.22. The summed E-state index contributed by atoms with van der Waals surface area (Å²) in [7, 11) is 0. The van der Waals surface area contributed by atoms with Gasteiger partial charge in [-0.1, -0.05) is 6.92 Å². The predicted octanol–water partition coefficient (Wildman–Crippen LogP) is 3.20. The van der Waals surface area contributed by atoms with Crippen LogP contribution in [0, 0.1) is 0 Å². The molecular formula is C11H13BrN2OS. The maximum absolute atomic E-state index is 9.80. The third-order valence-corrected chi connectivity index (χ3v) is 4.30. The van der Waals surface area contributed by atoms with Crippen LogP contribution in [0.3, 0.4) is 0 Å². The molecule has 0 radical (unpaired) electrons. The third kappa shape index (κ3) is 2.36. The molecule has 1 atom stereocenters. The zero-order chi connectivity index (χ0) is 11.5. The minimum atomic E-state index is -0.479. The molecule has 0 unspecified atom stereocenters. The first-order valence-corrected chi connectivity index (χ1v) is 6.85. The van der Waals surface area contributed by atoms with Gasteiger partial charge < -0.3 is 9.67 Å². The Morgan fingerprint density at radius 3 is 3.00 bits per heavy atom. The number of aliphatic hydroxyl groups excluding tert-OH is 1. The van der Waals surface area contributed by atoms with Crippen LogP contribution in [-0.4, -0.2) is 14.7 Å². The van der Waals surface area contributed by atoms with Gasteiger partial charge in [-0.15, -0.1) is 0 Å². The van der Waals surface area contributed by atoms with Gasteiger partial charge in [0, 0.05) is 22.2 Å². The Morgan fingerprint density at radius 1 is 1.56 bits per heavy atom. The number of aliphatic hydroxyl groups is 1. The molecule has 0 spiro atoms. The molecule has 0 fully saturated rings. The Kier molecular flexibility index (Phi) is 3.78. The predicted molar refractivity (Wildman–Crippen MR) is 68.6 cm³/mol. The highest BCUT2D eigenvalue weighted by molar-refractivity contribution is 9.10. The maximum Gasteiger partial charge on any atom is 0.137 e. The van der Waals surface area contributed by atoms with E-state index in [0.29, 0.717) is 6.42 Å². The van der Waals surface area contributed by atoms with Crippen molar-refractivity contribution in [1.82, 2.24) is 9.55 Å². The molecule has 0 amide bonds. The van der Waals surface area contributed by atoms with Crippen molar-refractivity contribution in [2.45, 2.75) is 26.0 Å². The molecule has 2 heterocycles. The van der Waals surface area contributed by atoms with Crippen LogP contribution < -0.4 is 0 Å². The van der Waals surface area contributed by atoms with E-state index >= 15 is 0 Å². The second-order valence-electron chi connectivity index (χ2n) is 3.58. The van der Waals surface area contributed by atoms with Gasteiger partial charge >= 0.3 is 0 Å². The summed E-state index contributed by atoms with van der Waals surface area (Å²) < 4.78 is 3.10. The van der Waals surface area contributed by atoms with Crippen LogP contribution in [-0.2, 0) is 6.54 Å². The average molecular weight is 301 g/mol. The molecule has 0 bridgehead atoms. The fourth-order valence-corrected chi connectivity index (χ4v) is 2.96. The molecule has 0 saturated carbocycles. The minimum Gasteiger partial charge on any atom is -0.385 e. The Labute approximate surface area is 107 Å². The summed E-state index contributed by atoms with van der Waals surface area (Å²) in [6.45, 7) is 2.70. The van der Waals surface area contributed by atoms with Gasteiger partial charge in [0.15, 0.2) is 0 Å². The standard InChI is InChI=1S/C11H13BrN2OS/c1-2-10(15)11-13-3-4-14(11)5-8-6-16-7-9(8)12/h3-4,6-7,10,15H,2,5H2,1H3/t10-/m1/s1. The van der Waals surface area contributed by atoms with Crippen molar-refractivity contribution >= 4 is 27.3 Å². The molecule has 0 aliphatic carbocycles. The smallest absolute Gasteiger partial charge is 0.137 e. The van der Waals surface area contributed by atoms with Crippen LogP contribution in [0.2, 0.25) is 0 Å². The van der Waals surface area contributed by atoms with E-state index in [-0.39, 0.29) is 0 Å². The first-order valence-electron chi connectivity index (χ1n) is 5.12. The van der Waals surface area contributed by atoms with E-state index in [1.165, 1.54) is 5.56 Å². The van der Waals surface area contributed by atoms with Crippen LogP contribution in [0.25, 0.3) is 0 Å². The first kappa shape index (κ1) is 11.8. The van der Waals surface area contributed by atoms with E-state index in [4.69, 9.17) is 0 Å². The number of hydrogen-bond acceptors (Lipinski definition) is 3. The van der Waals surface area contributed by atoms with Gasteiger partial charge in [0.25, 0.3) is 0 Å². The summed E-state index contributed by atoms with van der Waals surface area (Å²) >= 11 is 5.17. The van der Waals surface area contributed by atoms with Crippen molar-refractivity contribution < 1.29 is 5.11 Å². The summed E-state index contributed by atoms with van der Waals surface area (Å²) in [4.78, 5) is 4.20. The van der Waals surface area contributed by atoms with Crippen molar-refractivity contribution in [1.29, 1.82) is 0 Å². The summed E-state index contributed by atoms with van der Waals surface area (Å²) in [5.74, 6) is 0.737. The van der Waals surface area contributed by atoms with Gasteiger partial charge in [-0.25, -0.2) is 4.98 Å². The molecule has 0 aromatic carbocycles. The monoisotopic (exact) mass is 300 g/mol. The second-order valence-corrected chi connectivity index (χ2v) is 5.18.